The number of likely N-dealkylation sites (tertiary alicyclic amines) is 1. The van der Waals surface area contributed by atoms with Gasteiger partial charge in [-0.3, -0.25) is 4.79 Å². The van der Waals surface area contributed by atoms with Gasteiger partial charge in [0.15, 0.2) is 0 Å². The fourth-order valence-corrected chi connectivity index (χ4v) is 5.29. The molecule has 4 nitrogen and oxygen atoms in total. The first-order chi connectivity index (χ1) is 14.5. The summed E-state index contributed by atoms with van der Waals surface area (Å²) < 4.78 is 26.7. The maximum Gasteiger partial charge on any atom is 0.251 e. The first kappa shape index (κ1) is 20.4. The molecule has 2 atom stereocenters. The van der Waals surface area contributed by atoms with Crippen LogP contribution < -0.4 is 10.6 Å². The van der Waals surface area contributed by atoms with E-state index in [2.05, 4.69) is 21.6 Å². The summed E-state index contributed by atoms with van der Waals surface area (Å²) in [6.07, 6.45) is 6.83. The van der Waals surface area contributed by atoms with Gasteiger partial charge in [-0.2, -0.15) is 0 Å². The monoisotopic (exact) mass is 417 g/mol. The van der Waals surface area contributed by atoms with E-state index in [9.17, 15) is 13.6 Å². The average molecular weight is 418 g/mol. The predicted molar refractivity (Wildman–Crippen MR) is 113 cm³/mol. The van der Waals surface area contributed by atoms with Crippen LogP contribution in [0.2, 0.25) is 0 Å². The van der Waals surface area contributed by atoms with Crippen LogP contribution in [0.25, 0.3) is 0 Å². The molecule has 0 bridgehead atoms. The maximum absolute atomic E-state index is 13.3. The van der Waals surface area contributed by atoms with Crippen LogP contribution >= 0.6 is 0 Å². The Balaban J connectivity index is 1.11. The Morgan fingerprint density at radius 3 is 2.43 bits per heavy atom. The number of alkyl halides is 2. The number of halogens is 2. The minimum absolute atomic E-state index is 0.132. The zero-order valence-electron chi connectivity index (χ0n) is 17.6. The zero-order valence-corrected chi connectivity index (χ0v) is 17.6. The lowest BCUT2D eigenvalue weighted by Gasteiger charge is -2.32. The second-order valence-electron chi connectivity index (χ2n) is 9.89. The normalized spacial score (nSPS) is 30.2. The summed E-state index contributed by atoms with van der Waals surface area (Å²) in [6.45, 7) is 2.45. The van der Waals surface area contributed by atoms with Gasteiger partial charge in [-0.25, -0.2) is 8.78 Å². The summed E-state index contributed by atoms with van der Waals surface area (Å²) >= 11 is 0. The van der Waals surface area contributed by atoms with Crippen molar-refractivity contribution in [3.8, 4) is 0 Å². The number of hydrogen-bond acceptors (Lipinski definition) is 3. The number of nitrogens with zero attached hydrogens (tertiary/aromatic N) is 1. The molecule has 0 radical (unpaired) electrons. The van der Waals surface area contributed by atoms with Gasteiger partial charge in [0.1, 0.15) is 0 Å². The average Bonchev–Trinajstić information content (AvgIpc) is 3.65. The molecule has 3 saturated carbocycles. The van der Waals surface area contributed by atoms with Gasteiger partial charge in [-0.1, -0.05) is 12.1 Å². The number of rotatable bonds is 6. The van der Waals surface area contributed by atoms with Crippen LogP contribution in [0.3, 0.4) is 0 Å². The molecule has 2 N–H and O–H groups in total. The van der Waals surface area contributed by atoms with E-state index in [1.54, 1.807) is 0 Å². The van der Waals surface area contributed by atoms with Gasteiger partial charge in [0.2, 0.25) is 5.92 Å². The maximum atomic E-state index is 13.3. The smallest absolute Gasteiger partial charge is 0.251 e. The summed E-state index contributed by atoms with van der Waals surface area (Å²) in [4.78, 5) is 15.3. The Kier molecular flexibility index (Phi) is 5.56. The van der Waals surface area contributed by atoms with E-state index in [0.717, 1.165) is 12.5 Å². The lowest BCUT2D eigenvalue weighted by molar-refractivity contribution is -0.0399. The number of hydrogen-bond donors (Lipinski definition) is 2. The molecule has 6 heteroatoms. The van der Waals surface area contributed by atoms with Gasteiger partial charge in [0, 0.05) is 48.5 Å². The first-order valence-corrected chi connectivity index (χ1v) is 11.8. The minimum Gasteiger partial charge on any atom is -0.349 e. The van der Waals surface area contributed by atoms with Gasteiger partial charge < -0.3 is 15.5 Å². The number of carbonyl (C=O) groups excluding carboxylic acids is 1. The molecule has 4 aliphatic rings. The van der Waals surface area contributed by atoms with Gasteiger partial charge in [-0.05, 0) is 75.7 Å². The van der Waals surface area contributed by atoms with E-state index in [4.69, 9.17) is 0 Å². The van der Waals surface area contributed by atoms with Crippen molar-refractivity contribution < 1.29 is 13.6 Å². The fraction of sp³-hybridized carbons (Fsp3) is 0.708. The third-order valence-corrected chi connectivity index (χ3v) is 7.46. The Morgan fingerprint density at radius 1 is 1.00 bits per heavy atom. The van der Waals surface area contributed by atoms with Crippen molar-refractivity contribution >= 4 is 5.91 Å². The van der Waals surface area contributed by atoms with Crippen LogP contribution in [-0.2, 0) is 0 Å². The summed E-state index contributed by atoms with van der Waals surface area (Å²) in [5, 5.41) is 6.81. The van der Waals surface area contributed by atoms with Crippen LogP contribution in [0, 0.1) is 0 Å². The second-order valence-corrected chi connectivity index (χ2v) is 9.89. The molecule has 0 unspecified atom stereocenters. The van der Waals surface area contributed by atoms with Crippen molar-refractivity contribution in [2.75, 3.05) is 13.1 Å². The molecule has 1 saturated heterocycles. The predicted octanol–water partition coefficient (Wildman–Crippen LogP) is 4.07. The molecular formula is C24H33F2N3O. The second kappa shape index (κ2) is 8.19. The highest BCUT2D eigenvalue weighted by Crippen LogP contribution is 2.42. The largest absolute Gasteiger partial charge is 0.349 e. The summed E-state index contributed by atoms with van der Waals surface area (Å²) in [7, 11) is 0. The molecular weight excluding hydrogens is 384 g/mol. The van der Waals surface area contributed by atoms with Gasteiger partial charge in [-0.15, -0.1) is 0 Å². The Hall–Kier alpha value is -1.53. The first-order valence-electron chi connectivity index (χ1n) is 11.8. The summed E-state index contributed by atoms with van der Waals surface area (Å²) in [5.41, 5.74) is 1.86. The van der Waals surface area contributed by atoms with E-state index in [1.807, 2.05) is 18.2 Å². The zero-order chi connectivity index (χ0) is 20.7. The standard InChI is InChI=1S/C24H33F2N3O/c25-24(26)10-6-18(7-11-24)28-23(30)17-3-1-2-16(14-17)21-15-22(21)27-19-8-12-29(13-9-19)20-4-5-20/h1-3,14,18-22,27H,4-13,15H2,(H,28,30)/t21-,22+/m0/s1. The molecule has 1 heterocycles. The third kappa shape index (κ3) is 4.86. The van der Waals surface area contributed by atoms with Crippen LogP contribution in [0.15, 0.2) is 24.3 Å². The van der Waals surface area contributed by atoms with E-state index in [0.29, 0.717) is 36.4 Å². The number of amides is 1. The van der Waals surface area contributed by atoms with Gasteiger partial charge in [0.25, 0.3) is 5.91 Å². The van der Waals surface area contributed by atoms with Crippen molar-refractivity contribution in [1.82, 2.24) is 15.5 Å². The molecule has 1 aliphatic heterocycles. The van der Waals surface area contributed by atoms with E-state index in [-0.39, 0.29) is 24.8 Å². The number of benzene rings is 1. The molecule has 3 aliphatic carbocycles. The van der Waals surface area contributed by atoms with Gasteiger partial charge >= 0.3 is 0 Å². The van der Waals surface area contributed by atoms with E-state index in [1.165, 1.54) is 44.3 Å². The SMILES string of the molecule is O=C(NC1CCC(F)(F)CC1)c1cccc([C@@H]2C[C@H]2NC2CCN(C3CC3)CC2)c1. The third-order valence-electron chi connectivity index (χ3n) is 7.46. The van der Waals surface area contributed by atoms with Gasteiger partial charge in [0.05, 0.1) is 0 Å². The van der Waals surface area contributed by atoms with E-state index >= 15 is 0 Å². The molecule has 1 amide bonds. The van der Waals surface area contributed by atoms with Crippen molar-refractivity contribution in [2.45, 2.75) is 93.8 Å². The number of nitrogens with one attached hydrogen (secondary N) is 2. The molecule has 5 rings (SSSR count). The lowest BCUT2D eigenvalue weighted by Crippen LogP contribution is -2.44. The molecule has 4 fully saturated rings. The molecule has 30 heavy (non-hydrogen) atoms. The Labute approximate surface area is 177 Å². The number of carbonyl (C=O) groups is 1. The summed E-state index contributed by atoms with van der Waals surface area (Å²) in [5.74, 6) is -2.22. The highest BCUT2D eigenvalue weighted by molar-refractivity contribution is 5.94. The molecule has 1 aromatic rings. The van der Waals surface area contributed by atoms with Crippen LogP contribution in [0.4, 0.5) is 8.78 Å². The topological polar surface area (TPSA) is 44.4 Å². The quantitative estimate of drug-likeness (QED) is 0.734. The van der Waals surface area contributed by atoms with Crippen LogP contribution in [0.1, 0.15) is 79.6 Å². The van der Waals surface area contributed by atoms with Crippen LogP contribution in [0.5, 0.6) is 0 Å². The van der Waals surface area contributed by atoms with E-state index < -0.39 is 5.92 Å². The van der Waals surface area contributed by atoms with Crippen LogP contribution in [-0.4, -0.2) is 54.0 Å². The highest BCUT2D eigenvalue weighted by Gasteiger charge is 2.41. The number of piperidine rings is 1. The highest BCUT2D eigenvalue weighted by atomic mass is 19.3. The molecule has 164 valence electrons. The van der Waals surface area contributed by atoms with Crippen molar-refractivity contribution in [3.63, 3.8) is 0 Å². The molecule has 0 spiro atoms. The Morgan fingerprint density at radius 2 is 1.73 bits per heavy atom. The fourth-order valence-electron chi connectivity index (χ4n) is 5.29. The van der Waals surface area contributed by atoms with Crippen molar-refractivity contribution in [1.29, 1.82) is 0 Å². The molecule has 0 aromatic heterocycles. The van der Waals surface area contributed by atoms with Crippen molar-refractivity contribution in [3.05, 3.63) is 35.4 Å². The lowest BCUT2D eigenvalue weighted by atomic mass is 9.92. The Bertz CT molecular complexity index is 763. The molecule has 1 aromatic carbocycles. The minimum atomic E-state index is -2.57. The summed E-state index contributed by atoms with van der Waals surface area (Å²) in [6, 6.07) is 9.75. The van der Waals surface area contributed by atoms with Crippen molar-refractivity contribution in [2.24, 2.45) is 0 Å².